The fraction of sp³-hybridized carbons (Fsp3) is 0.381. The van der Waals surface area contributed by atoms with Crippen LogP contribution in [0.15, 0.2) is 47.5 Å². The number of rotatable bonds is 2. The average Bonchev–Trinajstić information content (AvgIpc) is 2.89. The monoisotopic (exact) mass is 453 g/mol. The molecule has 0 bridgehead atoms. The van der Waals surface area contributed by atoms with Gasteiger partial charge < -0.3 is 9.64 Å². The maximum Gasteiger partial charge on any atom is 0.416 e. The molecule has 2 aromatic carbocycles. The minimum absolute atomic E-state index is 0.0262. The fourth-order valence-corrected chi connectivity index (χ4v) is 4.86. The zero-order valence-corrected chi connectivity index (χ0v) is 17.9. The van der Waals surface area contributed by atoms with Crippen molar-refractivity contribution in [1.82, 2.24) is 9.21 Å². The molecule has 2 aliphatic rings. The van der Waals surface area contributed by atoms with E-state index in [9.17, 15) is 21.6 Å². The number of hydrogen-bond acceptors (Lipinski definition) is 5. The number of alkyl halides is 3. The SMILES string of the molecule is CC(C)S(=O)(=O)N1CCN(C2=Nc3ccc(C(F)(F)F)cc3Oc3ccccc32)CC1. The van der Waals surface area contributed by atoms with Gasteiger partial charge in [0.1, 0.15) is 17.3 Å². The number of halogens is 3. The second-order valence-electron chi connectivity index (χ2n) is 7.69. The molecular formula is C21H22F3N3O3S. The second-order valence-corrected chi connectivity index (χ2v) is 10.2. The van der Waals surface area contributed by atoms with Crippen molar-refractivity contribution in [1.29, 1.82) is 0 Å². The zero-order valence-electron chi connectivity index (χ0n) is 17.1. The first kappa shape index (κ1) is 21.6. The van der Waals surface area contributed by atoms with E-state index in [-0.39, 0.29) is 11.4 Å². The molecule has 0 N–H and O–H groups in total. The van der Waals surface area contributed by atoms with Gasteiger partial charge in [0.15, 0.2) is 5.75 Å². The Kier molecular flexibility index (Phi) is 5.47. The van der Waals surface area contributed by atoms with Crippen molar-refractivity contribution in [3.05, 3.63) is 53.6 Å². The number of aliphatic imine (C=N–C) groups is 1. The van der Waals surface area contributed by atoms with Gasteiger partial charge in [-0.25, -0.2) is 13.4 Å². The van der Waals surface area contributed by atoms with Gasteiger partial charge in [0.25, 0.3) is 0 Å². The van der Waals surface area contributed by atoms with Gasteiger partial charge in [0.2, 0.25) is 10.0 Å². The van der Waals surface area contributed by atoms with Gasteiger partial charge in [0.05, 0.1) is 16.4 Å². The normalized spacial score (nSPS) is 17.5. The minimum Gasteiger partial charge on any atom is -0.454 e. The predicted octanol–water partition coefficient (Wildman–Crippen LogP) is 4.25. The highest BCUT2D eigenvalue weighted by Crippen LogP contribution is 2.41. The third-order valence-corrected chi connectivity index (χ3v) is 7.63. The lowest BCUT2D eigenvalue weighted by atomic mass is 10.1. The Morgan fingerprint density at radius 1 is 1.00 bits per heavy atom. The van der Waals surface area contributed by atoms with Gasteiger partial charge in [-0.05, 0) is 44.2 Å². The number of ether oxygens (including phenoxy) is 1. The second kappa shape index (κ2) is 7.83. The molecule has 0 aliphatic carbocycles. The number of amidine groups is 1. The molecule has 2 heterocycles. The Morgan fingerprint density at radius 3 is 2.32 bits per heavy atom. The molecule has 1 fully saturated rings. The smallest absolute Gasteiger partial charge is 0.416 e. The van der Waals surface area contributed by atoms with Crippen LogP contribution in [0.4, 0.5) is 18.9 Å². The van der Waals surface area contributed by atoms with Crippen molar-refractivity contribution in [2.45, 2.75) is 25.3 Å². The van der Waals surface area contributed by atoms with Crippen LogP contribution < -0.4 is 4.74 Å². The molecule has 0 saturated carbocycles. The molecule has 2 aromatic rings. The van der Waals surface area contributed by atoms with Crippen LogP contribution in [0, 0.1) is 0 Å². The Hall–Kier alpha value is -2.59. The van der Waals surface area contributed by atoms with E-state index >= 15 is 0 Å². The number of para-hydroxylation sites is 1. The summed E-state index contributed by atoms with van der Waals surface area (Å²) in [7, 11) is -3.35. The van der Waals surface area contributed by atoms with Crippen molar-refractivity contribution >= 4 is 21.5 Å². The summed E-state index contributed by atoms with van der Waals surface area (Å²) >= 11 is 0. The molecule has 4 rings (SSSR count). The van der Waals surface area contributed by atoms with E-state index in [1.165, 1.54) is 10.4 Å². The number of fused-ring (bicyclic) bond motifs is 2. The largest absolute Gasteiger partial charge is 0.454 e. The van der Waals surface area contributed by atoms with Gasteiger partial charge >= 0.3 is 6.18 Å². The highest BCUT2D eigenvalue weighted by atomic mass is 32.2. The first-order chi connectivity index (χ1) is 14.6. The first-order valence-corrected chi connectivity index (χ1v) is 11.4. The summed E-state index contributed by atoms with van der Waals surface area (Å²) in [6.07, 6.45) is -4.49. The van der Waals surface area contributed by atoms with Gasteiger partial charge in [-0.1, -0.05) is 12.1 Å². The lowest BCUT2D eigenvalue weighted by Gasteiger charge is -2.36. The molecule has 10 heteroatoms. The Bertz CT molecular complexity index is 1120. The van der Waals surface area contributed by atoms with Gasteiger partial charge in [-0.3, -0.25) is 0 Å². The Labute approximate surface area is 179 Å². The summed E-state index contributed by atoms with van der Waals surface area (Å²) in [6.45, 7) is 4.74. The van der Waals surface area contributed by atoms with Gasteiger partial charge in [-0.15, -0.1) is 0 Å². The lowest BCUT2D eigenvalue weighted by molar-refractivity contribution is -0.137. The summed E-state index contributed by atoms with van der Waals surface area (Å²) < 4.78 is 71.7. The predicted molar refractivity (Wildman–Crippen MR) is 111 cm³/mol. The lowest BCUT2D eigenvalue weighted by Crippen LogP contribution is -2.52. The van der Waals surface area contributed by atoms with Crippen LogP contribution in [-0.2, 0) is 16.2 Å². The number of piperazine rings is 1. The number of benzene rings is 2. The molecule has 1 saturated heterocycles. The van der Waals surface area contributed by atoms with E-state index < -0.39 is 27.0 Å². The summed E-state index contributed by atoms with van der Waals surface area (Å²) in [5.41, 5.74) is 0.124. The third-order valence-electron chi connectivity index (χ3n) is 5.36. The van der Waals surface area contributed by atoms with Gasteiger partial charge in [0, 0.05) is 26.2 Å². The molecule has 2 aliphatic heterocycles. The van der Waals surface area contributed by atoms with Crippen LogP contribution in [0.3, 0.4) is 0 Å². The molecule has 0 spiro atoms. The highest BCUT2D eigenvalue weighted by molar-refractivity contribution is 7.89. The van der Waals surface area contributed by atoms with Crippen LogP contribution in [0.5, 0.6) is 11.5 Å². The fourth-order valence-electron chi connectivity index (χ4n) is 3.59. The standard InChI is InChI=1S/C21H22F3N3O3S/c1-14(2)31(28,29)27-11-9-26(10-12-27)20-16-5-3-4-6-18(16)30-19-13-15(21(22,23)24)7-8-17(19)25-20/h3-8,13-14H,9-12H2,1-2H3. The Morgan fingerprint density at radius 2 is 1.68 bits per heavy atom. The van der Waals surface area contributed by atoms with Gasteiger partial charge in [-0.2, -0.15) is 17.5 Å². The molecule has 6 nitrogen and oxygen atoms in total. The minimum atomic E-state index is -4.49. The summed E-state index contributed by atoms with van der Waals surface area (Å²) in [6, 6.07) is 10.2. The van der Waals surface area contributed by atoms with Crippen molar-refractivity contribution < 1.29 is 26.3 Å². The molecule has 0 radical (unpaired) electrons. The highest BCUT2D eigenvalue weighted by Gasteiger charge is 2.34. The summed E-state index contributed by atoms with van der Waals surface area (Å²) in [5.74, 6) is 0.977. The Balaban J connectivity index is 1.70. The number of hydrogen-bond donors (Lipinski definition) is 0. The van der Waals surface area contributed by atoms with Crippen LogP contribution in [0.2, 0.25) is 0 Å². The average molecular weight is 453 g/mol. The third kappa shape index (κ3) is 4.14. The van der Waals surface area contributed by atoms with Crippen LogP contribution in [0.1, 0.15) is 25.0 Å². The molecule has 0 aromatic heterocycles. The van der Waals surface area contributed by atoms with Crippen molar-refractivity contribution in [3.63, 3.8) is 0 Å². The molecule has 0 amide bonds. The molecule has 0 atom stereocenters. The number of nitrogens with zero attached hydrogens (tertiary/aromatic N) is 3. The zero-order chi connectivity index (χ0) is 22.4. The van der Waals surface area contributed by atoms with Crippen LogP contribution >= 0.6 is 0 Å². The van der Waals surface area contributed by atoms with Crippen molar-refractivity contribution in [3.8, 4) is 11.5 Å². The maximum atomic E-state index is 13.2. The summed E-state index contributed by atoms with van der Waals surface area (Å²) in [4.78, 5) is 6.58. The first-order valence-electron chi connectivity index (χ1n) is 9.88. The van der Waals surface area contributed by atoms with E-state index in [1.807, 2.05) is 4.90 Å². The molecule has 0 unspecified atom stereocenters. The van der Waals surface area contributed by atoms with E-state index in [0.717, 1.165) is 12.1 Å². The topological polar surface area (TPSA) is 62.2 Å². The van der Waals surface area contributed by atoms with Crippen molar-refractivity contribution in [2.75, 3.05) is 26.2 Å². The van der Waals surface area contributed by atoms with Crippen molar-refractivity contribution in [2.24, 2.45) is 4.99 Å². The van der Waals surface area contributed by atoms with E-state index in [1.54, 1.807) is 38.1 Å². The van der Waals surface area contributed by atoms with E-state index in [4.69, 9.17) is 4.74 Å². The summed E-state index contributed by atoms with van der Waals surface area (Å²) in [5, 5.41) is -0.502. The maximum absolute atomic E-state index is 13.2. The number of sulfonamides is 1. The quantitative estimate of drug-likeness (QED) is 0.682. The molecule has 166 valence electrons. The molecule has 31 heavy (non-hydrogen) atoms. The van der Waals surface area contributed by atoms with Crippen LogP contribution in [-0.4, -0.2) is 54.9 Å². The van der Waals surface area contributed by atoms with E-state index in [2.05, 4.69) is 4.99 Å². The van der Waals surface area contributed by atoms with Crippen LogP contribution in [0.25, 0.3) is 0 Å². The van der Waals surface area contributed by atoms with E-state index in [0.29, 0.717) is 43.3 Å². The molecular weight excluding hydrogens is 431 g/mol.